The molecule has 0 aliphatic carbocycles. The van der Waals surface area contributed by atoms with Gasteiger partial charge in [0.2, 0.25) is 15.9 Å². The van der Waals surface area contributed by atoms with E-state index in [1.165, 1.54) is 0 Å². The molecule has 7 nitrogen and oxygen atoms in total. The maximum absolute atomic E-state index is 12.9. The Morgan fingerprint density at radius 1 is 1.03 bits per heavy atom. The van der Waals surface area contributed by atoms with Gasteiger partial charge in [-0.25, -0.2) is 8.42 Å². The van der Waals surface area contributed by atoms with Crippen LogP contribution in [-0.4, -0.2) is 38.3 Å². The molecule has 2 heterocycles. The highest BCUT2D eigenvalue weighted by Crippen LogP contribution is 2.24. The van der Waals surface area contributed by atoms with Crippen LogP contribution in [0.4, 0.5) is 5.69 Å². The third kappa shape index (κ3) is 5.14. The van der Waals surface area contributed by atoms with Crippen LogP contribution >= 0.6 is 0 Å². The van der Waals surface area contributed by atoms with Crippen molar-refractivity contribution in [2.75, 3.05) is 25.0 Å². The Labute approximate surface area is 188 Å². The quantitative estimate of drug-likeness (QED) is 0.555. The molecular formula is C24H29N3O4S. The van der Waals surface area contributed by atoms with E-state index in [2.05, 4.69) is 10.6 Å². The van der Waals surface area contributed by atoms with Crippen LogP contribution in [0.1, 0.15) is 44.4 Å². The number of hydrogen-bond donors (Lipinski definition) is 2. The number of benzene rings is 2. The Bertz CT molecular complexity index is 1130. The summed E-state index contributed by atoms with van der Waals surface area (Å²) in [7, 11) is -3.48. The monoisotopic (exact) mass is 455 g/mol. The molecule has 0 unspecified atom stereocenters. The van der Waals surface area contributed by atoms with Crippen molar-refractivity contribution < 1.29 is 17.6 Å². The molecule has 1 saturated heterocycles. The predicted molar refractivity (Wildman–Crippen MR) is 125 cm³/mol. The highest BCUT2D eigenvalue weighted by molar-refractivity contribution is 7.89. The maximum Gasteiger partial charge on any atom is 0.243 e. The van der Waals surface area contributed by atoms with Gasteiger partial charge in [0, 0.05) is 24.2 Å². The van der Waals surface area contributed by atoms with E-state index in [4.69, 9.17) is 4.42 Å². The molecule has 1 fully saturated rings. The number of nitrogens with one attached hydrogen (secondary N) is 2. The van der Waals surface area contributed by atoms with Crippen LogP contribution in [0.2, 0.25) is 0 Å². The topological polar surface area (TPSA) is 91.7 Å². The Morgan fingerprint density at radius 3 is 2.41 bits per heavy atom. The minimum Gasteiger partial charge on any atom is -0.459 e. The molecule has 0 saturated carbocycles. The van der Waals surface area contributed by atoms with Gasteiger partial charge in [0.15, 0.2) is 0 Å². The fourth-order valence-electron chi connectivity index (χ4n) is 3.94. The Morgan fingerprint density at radius 2 is 1.72 bits per heavy atom. The molecule has 0 radical (unpaired) electrons. The number of furan rings is 1. The van der Waals surface area contributed by atoms with Gasteiger partial charge in [-0.1, -0.05) is 31.0 Å². The number of amides is 1. The lowest BCUT2D eigenvalue weighted by Gasteiger charge is -2.20. The molecule has 32 heavy (non-hydrogen) atoms. The smallest absolute Gasteiger partial charge is 0.243 e. The van der Waals surface area contributed by atoms with Crippen molar-refractivity contribution in [3.8, 4) is 0 Å². The van der Waals surface area contributed by atoms with Gasteiger partial charge in [-0.05, 0) is 56.2 Å². The lowest BCUT2D eigenvalue weighted by Crippen LogP contribution is -2.32. The number of para-hydroxylation sites is 1. The highest BCUT2D eigenvalue weighted by atomic mass is 32.2. The zero-order valence-electron chi connectivity index (χ0n) is 18.2. The second kappa shape index (κ2) is 9.75. The summed E-state index contributed by atoms with van der Waals surface area (Å²) >= 11 is 0. The first-order valence-corrected chi connectivity index (χ1v) is 12.5. The lowest BCUT2D eigenvalue weighted by molar-refractivity contribution is -0.120. The van der Waals surface area contributed by atoms with Gasteiger partial charge in [-0.2, -0.15) is 4.31 Å². The van der Waals surface area contributed by atoms with Crippen molar-refractivity contribution in [2.24, 2.45) is 0 Å². The average Bonchev–Trinajstić information content (AvgIpc) is 3.03. The van der Waals surface area contributed by atoms with Gasteiger partial charge in [0.05, 0.1) is 17.5 Å². The van der Waals surface area contributed by atoms with Crippen molar-refractivity contribution in [1.29, 1.82) is 0 Å². The first-order valence-electron chi connectivity index (χ1n) is 11.1. The molecule has 2 N–H and O–H groups in total. The van der Waals surface area contributed by atoms with Gasteiger partial charge in [0.25, 0.3) is 0 Å². The van der Waals surface area contributed by atoms with Gasteiger partial charge in [-0.15, -0.1) is 0 Å². The molecule has 1 aliphatic heterocycles. The van der Waals surface area contributed by atoms with E-state index in [0.717, 1.165) is 36.7 Å². The zero-order chi connectivity index (χ0) is 22.6. The minimum absolute atomic E-state index is 0.0722. The van der Waals surface area contributed by atoms with Crippen molar-refractivity contribution in [1.82, 2.24) is 9.62 Å². The van der Waals surface area contributed by atoms with Crippen LogP contribution in [-0.2, 0) is 14.8 Å². The molecule has 1 aliphatic rings. The van der Waals surface area contributed by atoms with E-state index in [9.17, 15) is 13.2 Å². The molecule has 1 amide bonds. The normalized spacial score (nSPS) is 16.4. The SMILES string of the molecule is C[C@@H](NC(=O)CNc1ccc(S(=O)(=O)N2CCCCCC2)cc1)c1cc2ccccc2o1. The molecular weight excluding hydrogens is 426 g/mol. The van der Waals surface area contributed by atoms with Crippen LogP contribution in [0, 0.1) is 0 Å². The van der Waals surface area contributed by atoms with Crippen molar-refractivity contribution >= 4 is 32.6 Å². The number of rotatable bonds is 7. The number of sulfonamides is 1. The van der Waals surface area contributed by atoms with Crippen molar-refractivity contribution in [3.05, 3.63) is 60.4 Å². The van der Waals surface area contributed by atoms with Crippen LogP contribution in [0.15, 0.2) is 63.9 Å². The summed E-state index contributed by atoms with van der Waals surface area (Å²) in [5, 5.41) is 6.96. The standard InChI is InChI=1S/C24H29N3O4S/c1-18(23-16-19-8-4-5-9-22(19)31-23)26-24(28)17-25-20-10-12-21(13-11-20)32(29,30)27-14-6-2-3-7-15-27/h4-5,8-13,16,18,25H,2-3,6-7,14-15,17H2,1H3,(H,26,28)/t18-/m1/s1. The zero-order valence-corrected chi connectivity index (χ0v) is 19.0. The molecule has 2 aromatic carbocycles. The molecule has 1 aromatic heterocycles. The first-order chi connectivity index (χ1) is 15.4. The van der Waals surface area contributed by atoms with Gasteiger partial charge in [-0.3, -0.25) is 4.79 Å². The van der Waals surface area contributed by atoms with Crippen LogP contribution < -0.4 is 10.6 Å². The molecule has 3 aromatic rings. The van der Waals surface area contributed by atoms with Gasteiger partial charge < -0.3 is 15.1 Å². The molecule has 170 valence electrons. The minimum atomic E-state index is -3.48. The molecule has 0 spiro atoms. The van der Waals surface area contributed by atoms with Crippen molar-refractivity contribution in [3.63, 3.8) is 0 Å². The maximum atomic E-state index is 12.9. The summed E-state index contributed by atoms with van der Waals surface area (Å²) in [6.07, 6.45) is 3.96. The molecule has 0 bridgehead atoms. The molecule has 1 atom stereocenters. The fourth-order valence-corrected chi connectivity index (χ4v) is 5.45. The summed E-state index contributed by atoms with van der Waals surface area (Å²) in [6.45, 7) is 3.10. The number of carbonyl (C=O) groups excluding carboxylic acids is 1. The Balaban J connectivity index is 1.32. The third-order valence-electron chi connectivity index (χ3n) is 5.76. The second-order valence-electron chi connectivity index (χ2n) is 8.17. The summed E-state index contributed by atoms with van der Waals surface area (Å²) < 4.78 is 33.1. The lowest BCUT2D eigenvalue weighted by atomic mass is 10.2. The first kappa shape index (κ1) is 22.4. The average molecular weight is 456 g/mol. The van der Waals surface area contributed by atoms with E-state index in [1.54, 1.807) is 28.6 Å². The number of fused-ring (bicyclic) bond motifs is 1. The summed E-state index contributed by atoms with van der Waals surface area (Å²) in [5.74, 6) is 0.516. The van der Waals surface area contributed by atoms with E-state index in [1.807, 2.05) is 37.3 Å². The van der Waals surface area contributed by atoms with E-state index < -0.39 is 10.0 Å². The summed E-state index contributed by atoms with van der Waals surface area (Å²) in [4.78, 5) is 12.6. The fraction of sp³-hybridized carbons (Fsp3) is 0.375. The number of hydrogen-bond acceptors (Lipinski definition) is 5. The van der Waals surface area contributed by atoms with Gasteiger partial charge >= 0.3 is 0 Å². The van der Waals surface area contributed by atoms with Crippen LogP contribution in [0.5, 0.6) is 0 Å². The molecule has 8 heteroatoms. The number of anilines is 1. The van der Waals surface area contributed by atoms with Crippen LogP contribution in [0.3, 0.4) is 0 Å². The summed E-state index contributed by atoms with van der Waals surface area (Å²) in [5.41, 5.74) is 1.48. The van der Waals surface area contributed by atoms with Gasteiger partial charge in [0.1, 0.15) is 11.3 Å². The highest BCUT2D eigenvalue weighted by Gasteiger charge is 2.25. The Hall–Kier alpha value is -2.84. The van der Waals surface area contributed by atoms with E-state index >= 15 is 0 Å². The third-order valence-corrected chi connectivity index (χ3v) is 7.67. The number of carbonyl (C=O) groups is 1. The summed E-state index contributed by atoms with van der Waals surface area (Å²) in [6, 6.07) is 16.0. The van der Waals surface area contributed by atoms with Crippen LogP contribution in [0.25, 0.3) is 11.0 Å². The van der Waals surface area contributed by atoms with E-state index in [0.29, 0.717) is 24.5 Å². The molecule has 4 rings (SSSR count). The van der Waals surface area contributed by atoms with Crippen molar-refractivity contribution in [2.45, 2.75) is 43.5 Å². The Kier molecular flexibility index (Phi) is 6.81. The predicted octanol–water partition coefficient (Wildman–Crippen LogP) is 4.29. The largest absolute Gasteiger partial charge is 0.459 e. The second-order valence-corrected chi connectivity index (χ2v) is 10.1. The number of nitrogens with zero attached hydrogens (tertiary/aromatic N) is 1. The van der Waals surface area contributed by atoms with E-state index in [-0.39, 0.29) is 23.4 Å².